The van der Waals surface area contributed by atoms with Crippen molar-refractivity contribution in [2.45, 2.75) is 13.0 Å². The van der Waals surface area contributed by atoms with E-state index in [1.807, 2.05) is 60.7 Å². The highest BCUT2D eigenvalue weighted by molar-refractivity contribution is 5.92. The molecule has 4 aromatic rings. The fourth-order valence-electron chi connectivity index (χ4n) is 5.25. The second-order valence-corrected chi connectivity index (χ2v) is 9.16. The van der Waals surface area contributed by atoms with Crippen molar-refractivity contribution in [3.8, 4) is 0 Å². The van der Waals surface area contributed by atoms with E-state index in [9.17, 15) is 4.79 Å². The van der Waals surface area contributed by atoms with Crippen LogP contribution in [0.15, 0.2) is 115 Å². The maximum atomic E-state index is 13.5. The first-order valence-electron chi connectivity index (χ1n) is 12.1. The molecule has 2 atom stereocenters. The van der Waals surface area contributed by atoms with Gasteiger partial charge >= 0.3 is 5.97 Å². The van der Waals surface area contributed by atoms with Crippen molar-refractivity contribution in [3.05, 3.63) is 131 Å². The van der Waals surface area contributed by atoms with E-state index in [1.54, 1.807) is 0 Å². The summed E-state index contributed by atoms with van der Waals surface area (Å²) in [5, 5.41) is 2.27. The van der Waals surface area contributed by atoms with Crippen molar-refractivity contribution < 1.29 is 14.3 Å². The summed E-state index contributed by atoms with van der Waals surface area (Å²) in [6.07, 6.45) is 2.85. The number of hydrogen-bond acceptors (Lipinski definition) is 3. The molecule has 0 saturated carbocycles. The highest BCUT2D eigenvalue weighted by atomic mass is 16.5. The van der Waals surface area contributed by atoms with Gasteiger partial charge < -0.3 is 9.47 Å². The van der Waals surface area contributed by atoms with Gasteiger partial charge in [-0.2, -0.15) is 0 Å². The Labute approximate surface area is 205 Å². The van der Waals surface area contributed by atoms with Crippen LogP contribution in [0, 0.1) is 11.8 Å². The van der Waals surface area contributed by atoms with Gasteiger partial charge in [0.25, 0.3) is 0 Å². The predicted molar refractivity (Wildman–Crippen MR) is 139 cm³/mol. The van der Waals surface area contributed by atoms with Crippen LogP contribution in [0.4, 0.5) is 0 Å². The van der Waals surface area contributed by atoms with E-state index in [0.717, 1.165) is 38.8 Å². The first-order valence-corrected chi connectivity index (χ1v) is 12.1. The lowest BCUT2D eigenvalue weighted by atomic mass is 9.76. The quantitative estimate of drug-likeness (QED) is 0.301. The summed E-state index contributed by atoms with van der Waals surface area (Å²) in [7, 11) is 0. The molecule has 0 unspecified atom stereocenters. The van der Waals surface area contributed by atoms with Crippen LogP contribution in [0.3, 0.4) is 0 Å². The van der Waals surface area contributed by atoms with Gasteiger partial charge in [-0.3, -0.25) is 4.79 Å². The van der Waals surface area contributed by atoms with E-state index in [4.69, 9.17) is 9.47 Å². The van der Waals surface area contributed by atoms with Crippen LogP contribution in [-0.4, -0.2) is 12.6 Å². The van der Waals surface area contributed by atoms with Crippen LogP contribution in [0.5, 0.6) is 0 Å². The molecule has 0 aromatic heterocycles. The summed E-state index contributed by atoms with van der Waals surface area (Å²) in [6, 6.07) is 34.7. The molecule has 0 spiro atoms. The number of benzene rings is 4. The second kappa shape index (κ2) is 9.27. The van der Waals surface area contributed by atoms with Gasteiger partial charge in [0, 0.05) is 17.1 Å². The lowest BCUT2D eigenvalue weighted by Crippen LogP contribution is -2.26. The zero-order valence-corrected chi connectivity index (χ0v) is 19.4. The molecule has 0 fully saturated rings. The van der Waals surface area contributed by atoms with Crippen molar-refractivity contribution in [2.75, 3.05) is 6.61 Å². The van der Waals surface area contributed by atoms with Crippen LogP contribution in [0.1, 0.15) is 23.1 Å². The monoisotopic (exact) mass is 458 g/mol. The van der Waals surface area contributed by atoms with Crippen molar-refractivity contribution in [2.24, 2.45) is 11.8 Å². The Balaban J connectivity index is 1.33. The molecule has 6 rings (SSSR count). The Morgan fingerprint density at radius 1 is 0.800 bits per heavy atom. The van der Waals surface area contributed by atoms with Gasteiger partial charge in [0.1, 0.15) is 12.4 Å². The molecule has 1 heterocycles. The minimum atomic E-state index is -0.333. The maximum absolute atomic E-state index is 13.5. The van der Waals surface area contributed by atoms with E-state index in [1.165, 1.54) is 5.57 Å². The van der Waals surface area contributed by atoms with Crippen molar-refractivity contribution in [1.29, 1.82) is 0 Å². The van der Waals surface area contributed by atoms with Gasteiger partial charge in [-0.05, 0) is 33.9 Å². The molecule has 2 aliphatic rings. The summed E-state index contributed by atoms with van der Waals surface area (Å²) in [4.78, 5) is 13.5. The molecule has 0 amide bonds. The number of rotatable bonds is 5. The summed E-state index contributed by atoms with van der Waals surface area (Å²) in [5.41, 5.74) is 5.32. The Kier molecular flexibility index (Phi) is 5.67. The van der Waals surface area contributed by atoms with E-state index in [2.05, 4.69) is 48.5 Å². The molecule has 0 radical (unpaired) electrons. The second-order valence-electron chi connectivity index (χ2n) is 9.16. The zero-order valence-electron chi connectivity index (χ0n) is 19.4. The van der Waals surface area contributed by atoms with Crippen molar-refractivity contribution in [3.63, 3.8) is 0 Å². The largest absolute Gasteiger partial charge is 0.492 e. The number of allylic oxidation sites excluding steroid dienone is 1. The number of carbonyl (C=O) groups is 1. The molecule has 1 aliphatic carbocycles. The number of esters is 1. The van der Waals surface area contributed by atoms with Crippen LogP contribution in [-0.2, 0) is 20.9 Å². The molecular weight excluding hydrogens is 432 g/mol. The lowest BCUT2D eigenvalue weighted by molar-refractivity contribution is -0.148. The molecular formula is C32H26O3. The Hall–Kier alpha value is -4.11. The molecule has 0 N–H and O–H groups in total. The molecule has 35 heavy (non-hydrogen) atoms. The minimum absolute atomic E-state index is 0.174. The molecule has 172 valence electrons. The van der Waals surface area contributed by atoms with Crippen LogP contribution in [0.25, 0.3) is 22.1 Å². The summed E-state index contributed by atoms with van der Waals surface area (Å²) in [6.45, 7) is 0.850. The van der Waals surface area contributed by atoms with Gasteiger partial charge in [0.15, 0.2) is 0 Å². The van der Waals surface area contributed by atoms with Crippen molar-refractivity contribution >= 4 is 28.1 Å². The highest BCUT2D eigenvalue weighted by Gasteiger charge is 2.38. The lowest BCUT2D eigenvalue weighted by Gasteiger charge is -2.27. The minimum Gasteiger partial charge on any atom is -0.492 e. The summed E-state index contributed by atoms with van der Waals surface area (Å²) in [5.74, 6) is 0.583. The van der Waals surface area contributed by atoms with Crippen molar-refractivity contribution in [1.82, 2.24) is 0 Å². The van der Waals surface area contributed by atoms with E-state index in [-0.39, 0.29) is 24.4 Å². The molecule has 1 aliphatic heterocycles. The van der Waals surface area contributed by atoms with Gasteiger partial charge in [-0.1, -0.05) is 109 Å². The third kappa shape index (κ3) is 4.15. The van der Waals surface area contributed by atoms with E-state index < -0.39 is 0 Å². The number of ether oxygens (including phenoxy) is 2. The van der Waals surface area contributed by atoms with Gasteiger partial charge in [0.05, 0.1) is 12.5 Å². The fourth-order valence-corrected chi connectivity index (χ4v) is 5.25. The third-order valence-corrected chi connectivity index (χ3v) is 7.01. The summed E-state index contributed by atoms with van der Waals surface area (Å²) >= 11 is 0. The Bertz CT molecular complexity index is 1430. The third-order valence-electron chi connectivity index (χ3n) is 7.01. The standard InChI is InChI=1S/C32H26O3/c33-32(35-20-25-16-9-15-22-12-7-8-17-27(22)25)30-18-26-21-34-31(24-13-5-2-6-14-24)29(26)19-28(30)23-10-3-1-4-11-23/h1-17,19,26,30H,18,20-21H2/t26-,30+/m0/s1. The Morgan fingerprint density at radius 2 is 1.49 bits per heavy atom. The van der Waals surface area contributed by atoms with E-state index >= 15 is 0 Å². The first-order chi connectivity index (χ1) is 17.3. The number of fused-ring (bicyclic) bond motifs is 2. The topological polar surface area (TPSA) is 35.5 Å². The number of hydrogen-bond donors (Lipinski definition) is 0. The maximum Gasteiger partial charge on any atom is 0.313 e. The molecule has 3 heteroatoms. The van der Waals surface area contributed by atoms with Crippen LogP contribution >= 0.6 is 0 Å². The molecule has 0 bridgehead atoms. The van der Waals surface area contributed by atoms with Gasteiger partial charge in [0.2, 0.25) is 0 Å². The van der Waals surface area contributed by atoms with E-state index in [0.29, 0.717) is 13.0 Å². The van der Waals surface area contributed by atoms with Crippen LogP contribution in [0.2, 0.25) is 0 Å². The van der Waals surface area contributed by atoms with Gasteiger partial charge in [-0.15, -0.1) is 0 Å². The first kappa shape index (κ1) is 21.4. The number of carbonyl (C=O) groups excluding carboxylic acids is 1. The molecule has 3 nitrogen and oxygen atoms in total. The average molecular weight is 459 g/mol. The normalized spacial score (nSPS) is 19.1. The molecule has 0 saturated heterocycles. The molecule has 4 aromatic carbocycles. The fraction of sp³-hybridized carbons (Fsp3) is 0.156. The highest BCUT2D eigenvalue weighted by Crippen LogP contribution is 2.45. The van der Waals surface area contributed by atoms with Crippen LogP contribution < -0.4 is 0 Å². The van der Waals surface area contributed by atoms with Gasteiger partial charge in [-0.25, -0.2) is 0 Å². The SMILES string of the molecule is O=C(OCc1cccc2ccccc12)[C@@H]1C[C@H]2COC(c3ccccc3)=C2C=C1c1ccccc1. The zero-order chi connectivity index (χ0) is 23.6. The smallest absolute Gasteiger partial charge is 0.313 e. The summed E-state index contributed by atoms with van der Waals surface area (Å²) < 4.78 is 12.1. The predicted octanol–water partition coefficient (Wildman–Crippen LogP) is 7.04. The average Bonchev–Trinajstić information content (AvgIpc) is 3.35. The Morgan fingerprint density at radius 3 is 2.29 bits per heavy atom.